The molecule has 0 unspecified atom stereocenters. The monoisotopic (exact) mass is 352 g/mol. The van der Waals surface area contributed by atoms with Crippen LogP contribution in [0, 0.1) is 6.92 Å². The van der Waals surface area contributed by atoms with Gasteiger partial charge in [-0.2, -0.15) is 0 Å². The first-order valence-corrected chi connectivity index (χ1v) is 8.14. The molecule has 2 aromatic rings. The SMILES string of the molecule is Cc1ccc(C(C)C)cc1Oc1c(Cl)cccc1CBr. The summed E-state index contributed by atoms with van der Waals surface area (Å²) < 4.78 is 6.09. The van der Waals surface area contributed by atoms with E-state index in [9.17, 15) is 0 Å². The molecule has 0 radical (unpaired) electrons. The highest BCUT2D eigenvalue weighted by Crippen LogP contribution is 2.36. The van der Waals surface area contributed by atoms with Crippen LogP contribution in [-0.2, 0) is 5.33 Å². The lowest BCUT2D eigenvalue weighted by Gasteiger charge is -2.15. The molecule has 106 valence electrons. The van der Waals surface area contributed by atoms with Crippen LogP contribution in [0.2, 0.25) is 5.02 Å². The van der Waals surface area contributed by atoms with E-state index in [-0.39, 0.29) is 0 Å². The van der Waals surface area contributed by atoms with Gasteiger partial charge in [0.15, 0.2) is 0 Å². The topological polar surface area (TPSA) is 9.23 Å². The molecule has 0 saturated carbocycles. The number of hydrogen-bond acceptors (Lipinski definition) is 1. The molecule has 3 heteroatoms. The van der Waals surface area contributed by atoms with Crippen LogP contribution in [-0.4, -0.2) is 0 Å². The fourth-order valence-corrected chi connectivity index (χ4v) is 2.64. The van der Waals surface area contributed by atoms with Crippen LogP contribution >= 0.6 is 27.5 Å². The van der Waals surface area contributed by atoms with Crippen molar-refractivity contribution in [2.24, 2.45) is 0 Å². The van der Waals surface area contributed by atoms with E-state index in [1.165, 1.54) is 5.56 Å². The summed E-state index contributed by atoms with van der Waals surface area (Å²) in [6, 6.07) is 12.1. The van der Waals surface area contributed by atoms with Gasteiger partial charge in [-0.25, -0.2) is 0 Å². The molecule has 0 heterocycles. The highest BCUT2D eigenvalue weighted by Gasteiger charge is 2.11. The maximum Gasteiger partial charge on any atom is 0.150 e. The Balaban J connectivity index is 2.42. The molecular weight excluding hydrogens is 336 g/mol. The van der Waals surface area contributed by atoms with Gasteiger partial charge in [0.2, 0.25) is 0 Å². The minimum atomic E-state index is 0.472. The summed E-state index contributed by atoms with van der Waals surface area (Å²) in [5.41, 5.74) is 3.42. The summed E-state index contributed by atoms with van der Waals surface area (Å²) in [5, 5.41) is 1.35. The predicted molar refractivity (Wildman–Crippen MR) is 89.4 cm³/mol. The Morgan fingerprint density at radius 2 is 1.95 bits per heavy atom. The number of alkyl halides is 1. The first kappa shape index (κ1) is 15.4. The smallest absolute Gasteiger partial charge is 0.150 e. The number of hydrogen-bond donors (Lipinski definition) is 0. The molecule has 0 spiro atoms. The number of benzene rings is 2. The lowest BCUT2D eigenvalue weighted by atomic mass is 10.0. The van der Waals surface area contributed by atoms with Gasteiger partial charge in [0.25, 0.3) is 0 Å². The average Bonchev–Trinajstić information content (AvgIpc) is 2.42. The fourth-order valence-electron chi connectivity index (χ4n) is 1.97. The summed E-state index contributed by atoms with van der Waals surface area (Å²) in [6.07, 6.45) is 0. The number of aryl methyl sites for hydroxylation is 1. The third-order valence-electron chi connectivity index (χ3n) is 3.28. The van der Waals surface area contributed by atoms with E-state index in [0.717, 1.165) is 22.6 Å². The second kappa shape index (κ2) is 6.64. The average molecular weight is 354 g/mol. The summed E-state index contributed by atoms with van der Waals surface area (Å²) in [4.78, 5) is 0. The highest BCUT2D eigenvalue weighted by atomic mass is 79.9. The Labute approximate surface area is 134 Å². The van der Waals surface area contributed by atoms with Crippen molar-refractivity contribution < 1.29 is 4.74 Å². The molecule has 0 aliphatic carbocycles. The van der Waals surface area contributed by atoms with Crippen molar-refractivity contribution in [3.63, 3.8) is 0 Å². The minimum absolute atomic E-state index is 0.472. The van der Waals surface area contributed by atoms with Crippen molar-refractivity contribution in [2.75, 3.05) is 0 Å². The van der Waals surface area contributed by atoms with E-state index in [0.29, 0.717) is 16.3 Å². The van der Waals surface area contributed by atoms with Gasteiger partial charge in [0.05, 0.1) is 5.02 Å². The summed E-state index contributed by atoms with van der Waals surface area (Å²) in [5.74, 6) is 2.07. The first-order valence-electron chi connectivity index (χ1n) is 6.64. The summed E-state index contributed by atoms with van der Waals surface area (Å²) in [6.45, 7) is 6.39. The van der Waals surface area contributed by atoms with Crippen LogP contribution in [0.25, 0.3) is 0 Å². The predicted octanol–water partition coefficient (Wildman–Crippen LogP) is 6.46. The number of para-hydroxylation sites is 1. The number of rotatable bonds is 4. The molecule has 0 amide bonds. The molecule has 0 aliphatic heterocycles. The molecule has 2 aromatic carbocycles. The van der Waals surface area contributed by atoms with E-state index >= 15 is 0 Å². The van der Waals surface area contributed by atoms with Crippen LogP contribution in [0.1, 0.15) is 36.5 Å². The molecule has 0 atom stereocenters. The van der Waals surface area contributed by atoms with Gasteiger partial charge in [0.1, 0.15) is 11.5 Å². The maximum absolute atomic E-state index is 6.27. The molecule has 20 heavy (non-hydrogen) atoms. The van der Waals surface area contributed by atoms with Gasteiger partial charge in [-0.3, -0.25) is 0 Å². The Morgan fingerprint density at radius 1 is 1.20 bits per heavy atom. The number of ether oxygens (including phenoxy) is 1. The lowest BCUT2D eigenvalue weighted by molar-refractivity contribution is 0.474. The molecule has 2 rings (SSSR count). The van der Waals surface area contributed by atoms with E-state index < -0.39 is 0 Å². The maximum atomic E-state index is 6.27. The third-order valence-corrected chi connectivity index (χ3v) is 4.19. The third kappa shape index (κ3) is 3.36. The second-order valence-corrected chi connectivity index (χ2v) is 6.11. The van der Waals surface area contributed by atoms with Crippen LogP contribution in [0.5, 0.6) is 11.5 Å². The Hall–Kier alpha value is -0.990. The molecule has 0 saturated heterocycles. The zero-order valence-corrected chi connectivity index (χ0v) is 14.3. The lowest BCUT2D eigenvalue weighted by Crippen LogP contribution is -1.95. The largest absolute Gasteiger partial charge is 0.455 e. The summed E-state index contributed by atoms with van der Waals surface area (Å²) in [7, 11) is 0. The molecule has 0 aliphatic rings. The first-order chi connectivity index (χ1) is 9.52. The Morgan fingerprint density at radius 3 is 2.60 bits per heavy atom. The molecule has 0 aromatic heterocycles. The van der Waals surface area contributed by atoms with Gasteiger partial charge in [-0.1, -0.05) is 65.6 Å². The standard InChI is InChI=1S/C17H18BrClO/c1-11(2)13-8-7-12(3)16(9-13)20-17-14(10-18)5-4-6-15(17)19/h4-9,11H,10H2,1-3H3. The van der Waals surface area contributed by atoms with Crippen molar-refractivity contribution in [2.45, 2.75) is 32.0 Å². The summed E-state index contributed by atoms with van der Waals surface area (Å²) >= 11 is 9.74. The normalized spacial score (nSPS) is 10.9. The van der Waals surface area contributed by atoms with Crippen LogP contribution < -0.4 is 4.74 Å². The van der Waals surface area contributed by atoms with Crippen molar-refractivity contribution in [1.82, 2.24) is 0 Å². The zero-order valence-electron chi connectivity index (χ0n) is 11.9. The Bertz CT molecular complexity index is 608. The van der Waals surface area contributed by atoms with Gasteiger partial charge in [-0.15, -0.1) is 0 Å². The Kier molecular flexibility index (Phi) is 5.11. The van der Waals surface area contributed by atoms with Crippen LogP contribution in [0.4, 0.5) is 0 Å². The molecule has 1 nitrogen and oxygen atoms in total. The zero-order chi connectivity index (χ0) is 14.7. The van der Waals surface area contributed by atoms with Crippen molar-refractivity contribution >= 4 is 27.5 Å². The van der Waals surface area contributed by atoms with E-state index in [4.69, 9.17) is 16.3 Å². The van der Waals surface area contributed by atoms with E-state index in [1.54, 1.807) is 0 Å². The van der Waals surface area contributed by atoms with Gasteiger partial charge in [-0.05, 0) is 36.1 Å². The molecule has 0 fully saturated rings. The van der Waals surface area contributed by atoms with Crippen LogP contribution in [0.15, 0.2) is 36.4 Å². The van der Waals surface area contributed by atoms with E-state index in [1.807, 2.05) is 25.1 Å². The van der Waals surface area contributed by atoms with Crippen molar-refractivity contribution in [3.05, 3.63) is 58.1 Å². The van der Waals surface area contributed by atoms with Crippen molar-refractivity contribution in [1.29, 1.82) is 0 Å². The molecule has 0 N–H and O–H groups in total. The van der Waals surface area contributed by atoms with Crippen LogP contribution in [0.3, 0.4) is 0 Å². The molecular formula is C17H18BrClO. The van der Waals surface area contributed by atoms with E-state index in [2.05, 4.69) is 48.0 Å². The highest BCUT2D eigenvalue weighted by molar-refractivity contribution is 9.08. The fraction of sp³-hybridized carbons (Fsp3) is 0.294. The van der Waals surface area contributed by atoms with Gasteiger partial charge >= 0.3 is 0 Å². The van der Waals surface area contributed by atoms with Gasteiger partial charge in [0, 0.05) is 10.9 Å². The second-order valence-electron chi connectivity index (χ2n) is 5.14. The minimum Gasteiger partial charge on any atom is -0.455 e. The van der Waals surface area contributed by atoms with Crippen molar-refractivity contribution in [3.8, 4) is 11.5 Å². The molecule has 0 bridgehead atoms. The number of halogens is 2. The van der Waals surface area contributed by atoms with Gasteiger partial charge < -0.3 is 4.74 Å². The quantitative estimate of drug-likeness (QED) is 0.573.